The van der Waals surface area contributed by atoms with E-state index in [0.29, 0.717) is 60.5 Å². The van der Waals surface area contributed by atoms with E-state index in [4.69, 9.17) is 22.1 Å². The molecule has 2 N–H and O–H groups in total. The maximum Gasteiger partial charge on any atom is 0.244 e. The van der Waals surface area contributed by atoms with Crippen molar-refractivity contribution < 1.29 is 9.53 Å². The molecule has 38 heavy (non-hydrogen) atoms. The molecule has 3 heterocycles. The molecule has 1 amide bonds. The first-order valence-corrected chi connectivity index (χ1v) is 12.7. The lowest BCUT2D eigenvalue weighted by molar-refractivity contribution is -0.134. The lowest BCUT2D eigenvalue weighted by atomic mass is 10.0. The van der Waals surface area contributed by atoms with E-state index in [2.05, 4.69) is 27.8 Å². The molecule has 1 fully saturated rings. The lowest BCUT2D eigenvalue weighted by Crippen LogP contribution is -2.50. The second-order valence-corrected chi connectivity index (χ2v) is 9.30. The molecule has 0 saturated carbocycles. The molecule has 1 aliphatic rings. The molecule has 1 saturated heterocycles. The van der Waals surface area contributed by atoms with E-state index in [-0.39, 0.29) is 5.91 Å². The smallest absolute Gasteiger partial charge is 0.244 e. The van der Waals surface area contributed by atoms with Crippen molar-refractivity contribution in [3.8, 4) is 11.8 Å². The van der Waals surface area contributed by atoms with Gasteiger partial charge in [-0.1, -0.05) is 29.8 Å². The number of ether oxygens (including phenoxy) is 1. The summed E-state index contributed by atoms with van der Waals surface area (Å²) in [5, 5.41) is 14.4. The Hall–Kier alpha value is -4.13. The second kappa shape index (κ2) is 11.9. The number of carbonyl (C=O) groups is 1. The number of fused-ring (bicyclic) bond motifs is 1. The highest BCUT2D eigenvalue weighted by molar-refractivity contribution is 6.30. The van der Waals surface area contributed by atoms with E-state index in [9.17, 15) is 10.1 Å². The van der Waals surface area contributed by atoms with Crippen molar-refractivity contribution in [2.45, 2.75) is 19.9 Å². The summed E-state index contributed by atoms with van der Waals surface area (Å²) in [6.45, 7) is 10.4. The number of halogens is 1. The number of hydrogen-bond donors (Lipinski definition) is 1. The van der Waals surface area contributed by atoms with Gasteiger partial charge in [-0.25, -0.2) is 9.51 Å². The van der Waals surface area contributed by atoms with Crippen molar-refractivity contribution in [1.82, 2.24) is 19.4 Å². The minimum atomic E-state index is -0.760. The summed E-state index contributed by atoms with van der Waals surface area (Å²) in [7, 11) is 0. The lowest BCUT2D eigenvalue weighted by Gasteiger charge is -2.37. The molecule has 196 valence electrons. The summed E-state index contributed by atoms with van der Waals surface area (Å²) < 4.78 is 7.36. The van der Waals surface area contributed by atoms with E-state index >= 15 is 0 Å². The number of piperazine rings is 1. The zero-order valence-electron chi connectivity index (χ0n) is 21.5. The fraction of sp³-hybridized carbons (Fsp3) is 0.286. The third-order valence-electron chi connectivity index (χ3n) is 6.48. The highest BCUT2D eigenvalue weighted by Crippen LogP contribution is 2.28. The number of nitrogens with zero attached hydrogens (tertiary/aromatic N) is 6. The molecule has 0 unspecified atom stereocenters. The number of allylic oxidation sites excluding steroid dienone is 3. The summed E-state index contributed by atoms with van der Waals surface area (Å²) >= 11 is 6.06. The number of hydrogen-bond acceptors (Lipinski definition) is 7. The number of amides is 1. The Kier molecular flexibility index (Phi) is 8.46. The van der Waals surface area contributed by atoms with Crippen LogP contribution >= 0.6 is 11.6 Å². The SMILES string of the molecule is C=N/C(=C\C=C(/C)c1cc(OCC)cn2ncc(C#N)c12)N1CCN(C(=O)[C@H](N)c2cccc(Cl)c2)CC1. The molecule has 0 bridgehead atoms. The van der Waals surface area contributed by atoms with Gasteiger partial charge in [0.25, 0.3) is 0 Å². The van der Waals surface area contributed by atoms with Crippen LogP contribution in [0.3, 0.4) is 0 Å². The first-order valence-electron chi connectivity index (χ1n) is 12.3. The van der Waals surface area contributed by atoms with Crippen molar-refractivity contribution in [2.75, 3.05) is 32.8 Å². The van der Waals surface area contributed by atoms with Crippen LogP contribution in [0.15, 0.2) is 65.7 Å². The van der Waals surface area contributed by atoms with Gasteiger partial charge in [0.15, 0.2) is 0 Å². The van der Waals surface area contributed by atoms with Gasteiger partial charge >= 0.3 is 0 Å². The summed E-state index contributed by atoms with van der Waals surface area (Å²) in [6, 6.07) is 10.4. The molecule has 2 aromatic heterocycles. The van der Waals surface area contributed by atoms with Crippen LogP contribution in [0.4, 0.5) is 0 Å². The van der Waals surface area contributed by atoms with Crippen molar-refractivity contribution in [2.24, 2.45) is 10.7 Å². The third kappa shape index (κ3) is 5.72. The molecule has 1 aromatic carbocycles. The average molecular weight is 532 g/mol. The number of carbonyl (C=O) groups excluding carboxylic acids is 1. The number of aromatic nitrogens is 2. The van der Waals surface area contributed by atoms with Crippen molar-refractivity contribution in [3.05, 3.63) is 82.4 Å². The number of nitrogens with two attached hydrogens (primary N) is 1. The Morgan fingerprint density at radius 2 is 2.03 bits per heavy atom. The van der Waals surface area contributed by atoms with Crippen LogP contribution < -0.4 is 10.5 Å². The number of aliphatic imine (C=N–C) groups is 1. The first-order chi connectivity index (χ1) is 18.4. The Labute approximate surface area is 227 Å². The van der Waals surface area contributed by atoms with Crippen LogP contribution in [0, 0.1) is 11.3 Å². The molecular weight excluding hydrogens is 502 g/mol. The molecule has 10 heteroatoms. The Morgan fingerprint density at radius 3 is 2.68 bits per heavy atom. The summed E-state index contributed by atoms with van der Waals surface area (Å²) in [5.41, 5.74) is 9.88. The zero-order valence-corrected chi connectivity index (χ0v) is 22.2. The van der Waals surface area contributed by atoms with Crippen LogP contribution in [-0.2, 0) is 4.79 Å². The molecule has 9 nitrogen and oxygen atoms in total. The standard InChI is InChI=1S/C28H30ClN7O2/c1-4-38-23-15-24(27-21(16-30)17-33-36(27)18-23)19(2)8-9-25(32-3)34-10-12-35(13-11-34)28(37)26(31)20-6-5-7-22(29)14-20/h5-9,14-15,17-18,26H,3-4,10-13,31H2,1-2H3/b19-8+,25-9+/t26-/m1/s1. The predicted octanol–water partition coefficient (Wildman–Crippen LogP) is 4.05. The maximum absolute atomic E-state index is 13.0. The van der Waals surface area contributed by atoms with Gasteiger partial charge in [-0.05, 0) is 56.0 Å². The topological polar surface area (TPSA) is 112 Å². The monoisotopic (exact) mass is 531 g/mol. The van der Waals surface area contributed by atoms with E-state index < -0.39 is 6.04 Å². The van der Waals surface area contributed by atoms with Gasteiger partial charge in [-0.15, -0.1) is 0 Å². The highest BCUT2D eigenvalue weighted by atomic mass is 35.5. The summed E-state index contributed by atoms with van der Waals surface area (Å²) in [5.74, 6) is 1.23. The fourth-order valence-electron chi connectivity index (χ4n) is 4.47. The van der Waals surface area contributed by atoms with Gasteiger partial charge in [0.05, 0.1) is 30.1 Å². The Balaban J connectivity index is 1.50. The van der Waals surface area contributed by atoms with Gasteiger partial charge < -0.3 is 20.3 Å². The van der Waals surface area contributed by atoms with Crippen LogP contribution in [0.5, 0.6) is 5.75 Å². The second-order valence-electron chi connectivity index (χ2n) is 8.86. The zero-order chi connectivity index (χ0) is 27.2. The van der Waals surface area contributed by atoms with Gasteiger partial charge in [0.2, 0.25) is 5.91 Å². The van der Waals surface area contributed by atoms with E-state index in [1.807, 2.05) is 38.1 Å². The average Bonchev–Trinajstić information content (AvgIpc) is 3.35. The fourth-order valence-corrected chi connectivity index (χ4v) is 4.67. The minimum absolute atomic E-state index is 0.132. The van der Waals surface area contributed by atoms with E-state index in [1.165, 1.54) is 0 Å². The van der Waals surface area contributed by atoms with Crippen LogP contribution in [0.25, 0.3) is 11.1 Å². The first kappa shape index (κ1) is 26.9. The predicted molar refractivity (Wildman–Crippen MR) is 149 cm³/mol. The normalized spacial score (nSPS) is 15.3. The minimum Gasteiger partial charge on any atom is -0.492 e. The molecule has 0 radical (unpaired) electrons. The van der Waals surface area contributed by atoms with Crippen LogP contribution in [-0.4, -0.2) is 64.8 Å². The largest absolute Gasteiger partial charge is 0.492 e. The number of rotatable bonds is 8. The van der Waals surface area contributed by atoms with Crippen LogP contribution in [0.2, 0.25) is 5.02 Å². The molecule has 0 aliphatic carbocycles. The Bertz CT molecular complexity index is 1450. The van der Waals surface area contributed by atoms with Crippen LogP contribution in [0.1, 0.15) is 36.6 Å². The molecule has 1 atom stereocenters. The molecular formula is C28H30ClN7O2. The van der Waals surface area contributed by atoms with Crippen molar-refractivity contribution in [3.63, 3.8) is 0 Å². The number of nitriles is 1. The van der Waals surface area contributed by atoms with E-state index in [0.717, 1.165) is 16.7 Å². The third-order valence-corrected chi connectivity index (χ3v) is 6.71. The Morgan fingerprint density at radius 1 is 1.29 bits per heavy atom. The molecule has 0 spiro atoms. The quantitative estimate of drug-likeness (QED) is 0.346. The molecule has 1 aliphatic heterocycles. The van der Waals surface area contributed by atoms with Crippen molar-refractivity contribution in [1.29, 1.82) is 5.26 Å². The van der Waals surface area contributed by atoms with Gasteiger partial charge in [-0.3, -0.25) is 4.79 Å². The van der Waals surface area contributed by atoms with E-state index in [1.54, 1.807) is 40.0 Å². The summed E-state index contributed by atoms with van der Waals surface area (Å²) in [6.07, 6.45) is 7.15. The maximum atomic E-state index is 13.0. The molecule has 4 rings (SSSR count). The number of benzene rings is 1. The number of pyridine rings is 1. The van der Waals surface area contributed by atoms with Gasteiger partial charge in [-0.2, -0.15) is 10.4 Å². The van der Waals surface area contributed by atoms with Gasteiger partial charge in [0, 0.05) is 36.8 Å². The van der Waals surface area contributed by atoms with Gasteiger partial charge in [0.1, 0.15) is 23.7 Å². The highest BCUT2D eigenvalue weighted by Gasteiger charge is 2.27. The molecule has 3 aromatic rings. The summed E-state index contributed by atoms with van der Waals surface area (Å²) in [4.78, 5) is 21.1. The van der Waals surface area contributed by atoms with Crippen molar-refractivity contribution >= 4 is 35.3 Å².